The summed E-state index contributed by atoms with van der Waals surface area (Å²) in [7, 11) is -3.47. The molecule has 0 aliphatic carbocycles. The van der Waals surface area contributed by atoms with Gasteiger partial charge in [0.2, 0.25) is 0 Å². The summed E-state index contributed by atoms with van der Waals surface area (Å²) in [6, 6.07) is -0.359. The molecule has 102 valence electrons. The van der Waals surface area contributed by atoms with Gasteiger partial charge in [-0.3, -0.25) is 0 Å². The van der Waals surface area contributed by atoms with Crippen LogP contribution in [0, 0.1) is 5.92 Å². The zero-order chi connectivity index (χ0) is 13.1. The maximum absolute atomic E-state index is 12.2. The van der Waals surface area contributed by atoms with Crippen LogP contribution in [0.5, 0.6) is 0 Å². The number of piperidine rings is 1. The average molecular weight is 264 g/mol. The van der Waals surface area contributed by atoms with E-state index < -0.39 is 10.2 Å². The number of nitrogens with zero attached hydrogens (tertiary/aromatic N) is 1. The van der Waals surface area contributed by atoms with Crippen molar-refractivity contribution in [2.75, 3.05) is 13.2 Å². The molecule has 1 rings (SSSR count). The molecule has 6 heteroatoms. The lowest BCUT2D eigenvalue weighted by Crippen LogP contribution is -2.52. The second-order valence-corrected chi connectivity index (χ2v) is 6.75. The van der Waals surface area contributed by atoms with E-state index in [4.69, 9.17) is 0 Å². The third-order valence-electron chi connectivity index (χ3n) is 3.43. The summed E-state index contributed by atoms with van der Waals surface area (Å²) in [5.74, 6) is 0.252. The molecular formula is C11H24N2O3S. The first kappa shape index (κ1) is 14.9. The Morgan fingerprint density at radius 3 is 2.53 bits per heavy atom. The molecule has 0 bridgehead atoms. The summed E-state index contributed by atoms with van der Waals surface area (Å²) in [4.78, 5) is 0. The molecule has 0 aromatic rings. The van der Waals surface area contributed by atoms with Crippen molar-refractivity contribution in [2.24, 2.45) is 5.92 Å². The Bertz CT molecular complexity index is 330. The predicted octanol–water partition coefficient (Wildman–Crippen LogP) is 0.712. The van der Waals surface area contributed by atoms with Gasteiger partial charge in [0.15, 0.2) is 0 Å². The molecule has 0 aromatic heterocycles. The van der Waals surface area contributed by atoms with Crippen molar-refractivity contribution in [2.45, 2.75) is 52.1 Å². The van der Waals surface area contributed by atoms with Crippen LogP contribution in [0.1, 0.15) is 40.0 Å². The van der Waals surface area contributed by atoms with Crippen LogP contribution in [-0.4, -0.2) is 43.1 Å². The van der Waals surface area contributed by atoms with Gasteiger partial charge in [-0.05, 0) is 25.7 Å². The smallest absolute Gasteiger partial charge is 0.280 e. The quantitative estimate of drug-likeness (QED) is 0.768. The fourth-order valence-electron chi connectivity index (χ4n) is 1.91. The second-order valence-electron chi connectivity index (χ2n) is 5.10. The monoisotopic (exact) mass is 264 g/mol. The van der Waals surface area contributed by atoms with Crippen molar-refractivity contribution < 1.29 is 13.5 Å². The molecule has 1 fully saturated rings. The van der Waals surface area contributed by atoms with Gasteiger partial charge in [-0.15, -0.1) is 0 Å². The molecule has 2 atom stereocenters. The Morgan fingerprint density at radius 2 is 2.00 bits per heavy atom. The van der Waals surface area contributed by atoms with E-state index in [0.29, 0.717) is 6.54 Å². The Morgan fingerprint density at radius 1 is 1.35 bits per heavy atom. The van der Waals surface area contributed by atoms with Crippen molar-refractivity contribution in [1.82, 2.24) is 9.03 Å². The fourth-order valence-corrected chi connectivity index (χ4v) is 3.72. The van der Waals surface area contributed by atoms with Crippen LogP contribution < -0.4 is 4.72 Å². The average Bonchev–Trinajstić information content (AvgIpc) is 2.28. The zero-order valence-electron chi connectivity index (χ0n) is 10.9. The maximum Gasteiger partial charge on any atom is 0.280 e. The molecule has 5 nitrogen and oxygen atoms in total. The lowest BCUT2D eigenvalue weighted by atomic mass is 10.1. The molecule has 0 aromatic carbocycles. The molecule has 1 aliphatic heterocycles. The highest BCUT2D eigenvalue weighted by Gasteiger charge is 2.32. The van der Waals surface area contributed by atoms with E-state index in [0.717, 1.165) is 19.3 Å². The summed E-state index contributed by atoms with van der Waals surface area (Å²) >= 11 is 0. The predicted molar refractivity (Wildman–Crippen MR) is 67.8 cm³/mol. The summed E-state index contributed by atoms with van der Waals surface area (Å²) < 4.78 is 28.4. The van der Waals surface area contributed by atoms with Crippen LogP contribution >= 0.6 is 0 Å². The second kappa shape index (κ2) is 6.13. The molecule has 1 saturated heterocycles. The van der Waals surface area contributed by atoms with Crippen LogP contribution in [0.25, 0.3) is 0 Å². The summed E-state index contributed by atoms with van der Waals surface area (Å²) in [6.45, 7) is 6.22. The maximum atomic E-state index is 12.2. The van der Waals surface area contributed by atoms with E-state index in [1.807, 2.05) is 20.8 Å². The number of hydrogen-bond acceptors (Lipinski definition) is 3. The van der Waals surface area contributed by atoms with Gasteiger partial charge in [-0.1, -0.05) is 20.3 Å². The Kier molecular flexibility index (Phi) is 5.37. The van der Waals surface area contributed by atoms with Gasteiger partial charge in [0, 0.05) is 18.6 Å². The van der Waals surface area contributed by atoms with Crippen molar-refractivity contribution in [3.63, 3.8) is 0 Å². The minimum atomic E-state index is -3.47. The number of hydrogen-bond donors (Lipinski definition) is 2. The van der Waals surface area contributed by atoms with Gasteiger partial charge >= 0.3 is 0 Å². The first-order chi connectivity index (χ1) is 7.88. The first-order valence-corrected chi connectivity index (χ1v) is 7.72. The molecule has 2 N–H and O–H groups in total. The molecule has 0 spiro atoms. The van der Waals surface area contributed by atoms with Gasteiger partial charge in [0.1, 0.15) is 0 Å². The molecule has 0 radical (unpaired) electrons. The molecule has 1 aliphatic rings. The highest BCUT2D eigenvalue weighted by atomic mass is 32.2. The SMILES string of the molecule is CC(C)C(C)NS(=O)(=O)N1CCCCC1CO. The third-order valence-corrected chi connectivity index (χ3v) is 5.20. The highest BCUT2D eigenvalue weighted by Crippen LogP contribution is 2.20. The summed E-state index contributed by atoms with van der Waals surface area (Å²) in [6.07, 6.45) is 2.60. The van der Waals surface area contributed by atoms with E-state index in [2.05, 4.69) is 4.72 Å². The minimum Gasteiger partial charge on any atom is -0.395 e. The van der Waals surface area contributed by atoms with Crippen molar-refractivity contribution >= 4 is 10.2 Å². The molecule has 0 saturated carbocycles. The normalized spacial score (nSPS) is 25.1. The lowest BCUT2D eigenvalue weighted by molar-refractivity contribution is 0.153. The van der Waals surface area contributed by atoms with Crippen LogP contribution in [0.2, 0.25) is 0 Å². The van der Waals surface area contributed by atoms with Crippen LogP contribution in [0.15, 0.2) is 0 Å². The molecular weight excluding hydrogens is 240 g/mol. The highest BCUT2D eigenvalue weighted by molar-refractivity contribution is 7.87. The number of nitrogens with one attached hydrogen (secondary N) is 1. The third kappa shape index (κ3) is 3.91. The van der Waals surface area contributed by atoms with E-state index in [1.54, 1.807) is 0 Å². The lowest BCUT2D eigenvalue weighted by Gasteiger charge is -2.34. The van der Waals surface area contributed by atoms with Crippen LogP contribution in [0.4, 0.5) is 0 Å². The number of aliphatic hydroxyl groups excluding tert-OH is 1. The Labute approximate surface area is 104 Å². The minimum absolute atomic E-state index is 0.0960. The Balaban J connectivity index is 2.74. The van der Waals surface area contributed by atoms with Gasteiger partial charge in [-0.25, -0.2) is 0 Å². The van der Waals surface area contributed by atoms with E-state index in [1.165, 1.54) is 4.31 Å². The van der Waals surface area contributed by atoms with Gasteiger partial charge in [0.05, 0.1) is 6.61 Å². The molecule has 1 heterocycles. The van der Waals surface area contributed by atoms with Gasteiger partial charge in [0.25, 0.3) is 10.2 Å². The van der Waals surface area contributed by atoms with Crippen LogP contribution in [0.3, 0.4) is 0 Å². The first-order valence-electron chi connectivity index (χ1n) is 6.28. The van der Waals surface area contributed by atoms with E-state index in [9.17, 15) is 13.5 Å². The van der Waals surface area contributed by atoms with Gasteiger partial charge in [-0.2, -0.15) is 17.4 Å². The molecule has 0 amide bonds. The number of rotatable bonds is 5. The number of aliphatic hydroxyl groups is 1. The molecule has 2 unspecified atom stereocenters. The van der Waals surface area contributed by atoms with Gasteiger partial charge < -0.3 is 5.11 Å². The van der Waals surface area contributed by atoms with Crippen LogP contribution in [-0.2, 0) is 10.2 Å². The topological polar surface area (TPSA) is 69.6 Å². The van der Waals surface area contributed by atoms with Crippen molar-refractivity contribution in [1.29, 1.82) is 0 Å². The zero-order valence-corrected chi connectivity index (χ0v) is 11.7. The van der Waals surface area contributed by atoms with Crippen molar-refractivity contribution in [3.8, 4) is 0 Å². The van der Waals surface area contributed by atoms with E-state index in [-0.39, 0.29) is 24.6 Å². The Hall–Kier alpha value is -0.170. The summed E-state index contributed by atoms with van der Waals surface area (Å²) in [5, 5.41) is 9.23. The summed E-state index contributed by atoms with van der Waals surface area (Å²) in [5.41, 5.74) is 0. The molecule has 17 heavy (non-hydrogen) atoms. The fraction of sp³-hybridized carbons (Fsp3) is 1.00. The largest absolute Gasteiger partial charge is 0.395 e. The van der Waals surface area contributed by atoms with E-state index >= 15 is 0 Å². The van der Waals surface area contributed by atoms with Crippen molar-refractivity contribution in [3.05, 3.63) is 0 Å². The standard InChI is InChI=1S/C11H24N2O3S/c1-9(2)10(3)12-17(15,16)13-7-5-4-6-11(13)8-14/h9-12,14H,4-8H2,1-3H3.